The normalized spacial score (nSPS) is 16.0. The summed E-state index contributed by atoms with van der Waals surface area (Å²) in [5, 5.41) is 5.35. The number of allylic oxidation sites excluding steroid dienone is 1. The summed E-state index contributed by atoms with van der Waals surface area (Å²) in [6, 6.07) is 8.69. The molecule has 0 saturated carbocycles. The molecule has 2 aromatic heterocycles. The number of rotatable bonds is 4. The Kier molecular flexibility index (Phi) is 5.79. The van der Waals surface area contributed by atoms with Crippen LogP contribution in [0.2, 0.25) is 0 Å². The molecule has 0 saturated heterocycles. The molecule has 1 aliphatic heterocycles. The zero-order valence-electron chi connectivity index (χ0n) is 16.8. The number of alkyl halides is 3. The summed E-state index contributed by atoms with van der Waals surface area (Å²) in [5.41, 5.74) is 4.22. The van der Waals surface area contributed by atoms with Gasteiger partial charge in [0.1, 0.15) is 11.4 Å². The summed E-state index contributed by atoms with van der Waals surface area (Å²) in [4.78, 5) is 13.2. The smallest absolute Gasteiger partial charge is 0.425 e. The summed E-state index contributed by atoms with van der Waals surface area (Å²) in [6.07, 6.45) is -1.39. The van der Waals surface area contributed by atoms with Crippen LogP contribution in [0.15, 0.2) is 57.9 Å². The fourth-order valence-corrected chi connectivity index (χ4v) is 3.81. The van der Waals surface area contributed by atoms with Crippen LogP contribution in [0.5, 0.6) is 5.75 Å². The first kappa shape index (κ1) is 21.4. The second kappa shape index (κ2) is 8.37. The highest BCUT2D eigenvalue weighted by atomic mass is 79.9. The lowest BCUT2D eigenvalue weighted by molar-refractivity contribution is -0.189. The topological polar surface area (TPSA) is 59.5 Å². The number of oxime groups is 1. The van der Waals surface area contributed by atoms with E-state index in [1.165, 1.54) is 6.07 Å². The van der Waals surface area contributed by atoms with Crippen LogP contribution in [-0.2, 0) is 4.84 Å². The van der Waals surface area contributed by atoms with Crippen LogP contribution in [0, 0.1) is 0 Å². The Balaban J connectivity index is 1.60. The number of benzene rings is 1. The van der Waals surface area contributed by atoms with Crippen molar-refractivity contribution >= 4 is 38.4 Å². The Morgan fingerprint density at radius 1 is 1.19 bits per heavy atom. The van der Waals surface area contributed by atoms with Gasteiger partial charge in [-0.2, -0.15) is 13.2 Å². The van der Waals surface area contributed by atoms with E-state index in [-0.39, 0.29) is 5.75 Å². The van der Waals surface area contributed by atoms with Gasteiger partial charge in [0.2, 0.25) is 0 Å². The molecule has 1 aromatic carbocycles. The number of aromatic nitrogens is 2. The Labute approximate surface area is 185 Å². The quantitative estimate of drug-likeness (QED) is 0.445. The molecular formula is C22H19BrF3N3O2. The minimum Gasteiger partial charge on any atom is -0.480 e. The Bertz CT molecular complexity index is 1180. The van der Waals surface area contributed by atoms with Gasteiger partial charge < -0.3 is 14.6 Å². The molecule has 5 nitrogen and oxygen atoms in total. The van der Waals surface area contributed by atoms with Crippen LogP contribution in [0.25, 0.3) is 16.8 Å². The van der Waals surface area contributed by atoms with E-state index in [9.17, 15) is 13.2 Å². The van der Waals surface area contributed by atoms with Gasteiger partial charge in [0, 0.05) is 28.9 Å². The Morgan fingerprint density at radius 2 is 2.00 bits per heavy atom. The van der Waals surface area contributed by atoms with Crippen LogP contribution in [0.4, 0.5) is 13.2 Å². The van der Waals surface area contributed by atoms with Crippen molar-refractivity contribution in [3.05, 3.63) is 63.9 Å². The first-order chi connectivity index (χ1) is 14.7. The molecule has 1 atom stereocenters. The largest absolute Gasteiger partial charge is 0.480 e. The molecule has 0 fully saturated rings. The number of halogens is 4. The summed E-state index contributed by atoms with van der Waals surface area (Å²) in [6.45, 7) is 2.93. The lowest BCUT2D eigenvalue weighted by atomic mass is 10.00. The lowest BCUT2D eigenvalue weighted by Gasteiger charge is -2.19. The summed E-state index contributed by atoms with van der Waals surface area (Å²) >= 11 is 3.30. The van der Waals surface area contributed by atoms with E-state index in [2.05, 4.69) is 31.1 Å². The number of pyridine rings is 1. The molecule has 3 aromatic rings. The van der Waals surface area contributed by atoms with E-state index in [0.29, 0.717) is 22.2 Å². The van der Waals surface area contributed by atoms with Gasteiger partial charge in [-0.05, 0) is 78.5 Å². The van der Waals surface area contributed by atoms with Crippen molar-refractivity contribution in [1.29, 1.82) is 0 Å². The molecule has 1 unspecified atom stereocenters. The summed E-state index contributed by atoms with van der Waals surface area (Å²) < 4.78 is 43.8. The van der Waals surface area contributed by atoms with Gasteiger partial charge in [0.15, 0.2) is 11.9 Å². The first-order valence-electron chi connectivity index (χ1n) is 9.63. The van der Waals surface area contributed by atoms with Gasteiger partial charge in [-0.25, -0.2) is 4.98 Å². The van der Waals surface area contributed by atoms with E-state index in [4.69, 9.17) is 9.57 Å². The lowest BCUT2D eigenvalue weighted by Crippen LogP contribution is -2.31. The fourth-order valence-electron chi connectivity index (χ4n) is 3.33. The number of nitrogens with one attached hydrogen (secondary N) is 1. The van der Waals surface area contributed by atoms with Crippen LogP contribution in [-0.4, -0.2) is 28.0 Å². The third-order valence-electron chi connectivity index (χ3n) is 5.10. The monoisotopic (exact) mass is 493 g/mol. The zero-order valence-corrected chi connectivity index (χ0v) is 18.3. The molecule has 9 heteroatoms. The number of aromatic amines is 1. The maximum absolute atomic E-state index is 12.8. The van der Waals surface area contributed by atoms with Crippen molar-refractivity contribution in [2.24, 2.45) is 5.16 Å². The average Bonchev–Trinajstić information content (AvgIpc) is 3.12. The van der Waals surface area contributed by atoms with Gasteiger partial charge in [0.05, 0.1) is 10.2 Å². The predicted octanol–water partition coefficient (Wildman–Crippen LogP) is 6.60. The minimum atomic E-state index is -4.44. The molecule has 0 amide bonds. The van der Waals surface area contributed by atoms with Crippen molar-refractivity contribution in [3.63, 3.8) is 0 Å². The molecule has 1 aliphatic rings. The minimum absolute atomic E-state index is 0.108. The molecule has 162 valence electrons. The van der Waals surface area contributed by atoms with Crippen LogP contribution in [0.3, 0.4) is 0 Å². The van der Waals surface area contributed by atoms with E-state index >= 15 is 0 Å². The molecule has 31 heavy (non-hydrogen) atoms. The highest BCUT2D eigenvalue weighted by Crippen LogP contribution is 2.35. The van der Waals surface area contributed by atoms with Crippen molar-refractivity contribution in [3.8, 4) is 5.75 Å². The van der Waals surface area contributed by atoms with Gasteiger partial charge in [-0.3, -0.25) is 0 Å². The van der Waals surface area contributed by atoms with E-state index in [0.717, 1.165) is 41.2 Å². The molecule has 0 bridgehead atoms. The Morgan fingerprint density at radius 3 is 2.74 bits per heavy atom. The zero-order chi connectivity index (χ0) is 22.2. The summed E-state index contributed by atoms with van der Waals surface area (Å²) in [5.74, 6) is 0.682. The number of ether oxygens (including phenoxy) is 1. The first-order valence-corrected chi connectivity index (χ1v) is 10.4. The van der Waals surface area contributed by atoms with Gasteiger partial charge in [0.25, 0.3) is 0 Å². The third-order valence-corrected chi connectivity index (χ3v) is 5.72. The highest BCUT2D eigenvalue weighted by molar-refractivity contribution is 9.10. The Hall–Kier alpha value is -2.81. The van der Waals surface area contributed by atoms with Gasteiger partial charge in [-0.15, -0.1) is 0 Å². The second-order valence-electron chi connectivity index (χ2n) is 7.28. The molecule has 0 aliphatic carbocycles. The third kappa shape index (κ3) is 4.46. The van der Waals surface area contributed by atoms with Crippen molar-refractivity contribution in [2.45, 2.75) is 39.0 Å². The number of H-pyrrole nitrogens is 1. The van der Waals surface area contributed by atoms with Crippen molar-refractivity contribution < 1.29 is 22.7 Å². The van der Waals surface area contributed by atoms with E-state index < -0.39 is 12.3 Å². The fraction of sp³-hybridized carbons (Fsp3) is 0.273. The maximum atomic E-state index is 12.8. The van der Waals surface area contributed by atoms with Crippen molar-refractivity contribution in [2.75, 3.05) is 0 Å². The highest BCUT2D eigenvalue weighted by Gasteiger charge is 2.38. The molecule has 0 radical (unpaired) electrons. The molecule has 0 spiro atoms. The molecule has 1 N–H and O–H groups in total. The van der Waals surface area contributed by atoms with Crippen LogP contribution >= 0.6 is 15.9 Å². The van der Waals surface area contributed by atoms with Gasteiger partial charge >= 0.3 is 6.18 Å². The van der Waals surface area contributed by atoms with Crippen LogP contribution in [0.1, 0.15) is 37.8 Å². The number of hydrogen-bond donors (Lipinski definition) is 1. The average molecular weight is 494 g/mol. The summed E-state index contributed by atoms with van der Waals surface area (Å²) in [7, 11) is 0. The molecular weight excluding hydrogens is 475 g/mol. The molecule has 3 heterocycles. The second-order valence-corrected chi connectivity index (χ2v) is 8.14. The maximum Gasteiger partial charge on any atom is 0.425 e. The van der Waals surface area contributed by atoms with Crippen LogP contribution < -0.4 is 4.74 Å². The number of hydrogen-bond acceptors (Lipinski definition) is 4. The SMILES string of the molecule is CC1=C(c2ccc(OC(C)C(F)(F)F)c(Br)c2)ON=C(c2ccnc3[nH]ccc23)CC1. The van der Waals surface area contributed by atoms with E-state index in [1.807, 2.05) is 25.3 Å². The predicted molar refractivity (Wildman–Crippen MR) is 116 cm³/mol. The standard InChI is InChI=1S/C22H19BrF3N3O2/c1-12-3-5-18(15-7-9-27-21-16(15)8-10-28-21)29-31-20(12)14-4-6-19(17(23)11-14)30-13(2)22(24,25)26/h4,6-11,13H,3,5H2,1-2H3,(H,27,28). The van der Waals surface area contributed by atoms with E-state index in [1.54, 1.807) is 18.3 Å². The number of nitrogens with zero attached hydrogens (tertiary/aromatic N) is 2. The van der Waals surface area contributed by atoms with Crippen molar-refractivity contribution in [1.82, 2.24) is 9.97 Å². The van der Waals surface area contributed by atoms with Gasteiger partial charge in [-0.1, -0.05) is 5.16 Å². The number of fused-ring (bicyclic) bond motifs is 1. The molecule has 4 rings (SSSR count).